The smallest absolute Gasteiger partial charge is 0.237 e. The van der Waals surface area contributed by atoms with Gasteiger partial charge in [-0.3, -0.25) is 4.99 Å². The van der Waals surface area contributed by atoms with Crippen molar-refractivity contribution in [3.8, 4) is 12.3 Å². The molecule has 1 aromatic rings. The summed E-state index contributed by atoms with van der Waals surface area (Å²) in [7, 11) is 0. The van der Waals surface area contributed by atoms with E-state index in [1.54, 1.807) is 0 Å². The maximum atomic E-state index is 6.11. The average Bonchev–Trinajstić information content (AvgIpc) is 2.69. The van der Waals surface area contributed by atoms with Crippen LogP contribution in [-0.4, -0.2) is 24.8 Å². The molecule has 1 aliphatic carbocycles. The van der Waals surface area contributed by atoms with Gasteiger partial charge in [0.25, 0.3) is 0 Å². The maximum Gasteiger partial charge on any atom is 0.237 e. The van der Waals surface area contributed by atoms with Crippen LogP contribution in [0.2, 0.25) is 0 Å². The summed E-state index contributed by atoms with van der Waals surface area (Å²) in [6, 6.07) is 8.75. The van der Waals surface area contributed by atoms with Gasteiger partial charge in [0, 0.05) is 6.54 Å². The van der Waals surface area contributed by atoms with Gasteiger partial charge in [0.1, 0.15) is 12.3 Å². The lowest BCUT2D eigenvalue weighted by Gasteiger charge is -2.23. The van der Waals surface area contributed by atoms with Crippen molar-refractivity contribution in [2.24, 2.45) is 15.7 Å². The van der Waals surface area contributed by atoms with Gasteiger partial charge in [-0.25, -0.2) is 4.99 Å². The topological polar surface area (TPSA) is 60.0 Å². The van der Waals surface area contributed by atoms with E-state index in [1.165, 1.54) is 37.7 Å². The molecule has 1 aromatic carbocycles. The average molecular weight is 349 g/mol. The van der Waals surface area contributed by atoms with Crippen LogP contribution in [0.3, 0.4) is 0 Å². The van der Waals surface area contributed by atoms with Crippen LogP contribution in [0.5, 0.6) is 0 Å². The third-order valence-corrected chi connectivity index (χ3v) is 5.01. The Morgan fingerprint density at radius 2 is 2.00 bits per heavy atom. The normalized spacial score (nSPS) is 21.7. The lowest BCUT2D eigenvalue weighted by atomic mass is 9.84. The van der Waals surface area contributed by atoms with Crippen LogP contribution in [0.15, 0.2) is 45.6 Å². The number of hydrogen-bond acceptors (Lipinski definition) is 4. The molecule has 4 nitrogen and oxygen atoms in total. The Morgan fingerprint density at radius 3 is 2.65 bits per heavy atom. The zero-order valence-electron chi connectivity index (χ0n) is 15.5. The Kier molecular flexibility index (Phi) is 6.12. The second-order valence-corrected chi connectivity index (χ2v) is 6.84. The van der Waals surface area contributed by atoms with Gasteiger partial charge in [0.15, 0.2) is 0 Å². The molecular formula is C22H27N3O. The monoisotopic (exact) mass is 349 g/mol. The highest BCUT2D eigenvalue weighted by Crippen LogP contribution is 2.32. The van der Waals surface area contributed by atoms with Crippen molar-refractivity contribution in [2.75, 3.05) is 13.2 Å². The van der Waals surface area contributed by atoms with Crippen molar-refractivity contribution in [1.29, 1.82) is 0 Å². The van der Waals surface area contributed by atoms with Gasteiger partial charge in [-0.05, 0) is 36.8 Å². The highest BCUT2D eigenvalue weighted by molar-refractivity contribution is 6.09. The number of rotatable bonds is 4. The first-order valence-corrected chi connectivity index (χ1v) is 9.50. The van der Waals surface area contributed by atoms with Crippen LogP contribution >= 0.6 is 0 Å². The minimum Gasteiger partial charge on any atom is -0.470 e. The Labute approximate surface area is 156 Å². The van der Waals surface area contributed by atoms with Crippen molar-refractivity contribution < 1.29 is 4.74 Å². The predicted molar refractivity (Wildman–Crippen MR) is 107 cm³/mol. The molecule has 1 fully saturated rings. The number of ether oxygens (including phenoxy) is 1. The summed E-state index contributed by atoms with van der Waals surface area (Å²) in [6.07, 6.45) is 12.4. The first-order chi connectivity index (χ1) is 12.7. The Morgan fingerprint density at radius 1 is 1.27 bits per heavy atom. The molecule has 2 aliphatic rings. The minimum atomic E-state index is 0.332. The molecule has 1 heterocycles. The summed E-state index contributed by atoms with van der Waals surface area (Å²) in [5.74, 6) is 3.75. The molecule has 0 aromatic heterocycles. The molecule has 0 spiro atoms. The highest BCUT2D eigenvalue weighted by atomic mass is 16.5. The molecule has 0 unspecified atom stereocenters. The number of nitrogens with two attached hydrogens (primary N) is 1. The van der Waals surface area contributed by atoms with E-state index >= 15 is 0 Å². The molecule has 4 heteroatoms. The fourth-order valence-corrected chi connectivity index (χ4v) is 3.62. The third kappa shape index (κ3) is 4.16. The van der Waals surface area contributed by atoms with E-state index in [4.69, 9.17) is 21.9 Å². The first kappa shape index (κ1) is 18.3. The molecule has 1 saturated carbocycles. The first-order valence-electron chi connectivity index (χ1n) is 9.50. The van der Waals surface area contributed by atoms with E-state index < -0.39 is 0 Å². The van der Waals surface area contributed by atoms with Gasteiger partial charge in [-0.15, -0.1) is 12.3 Å². The maximum absolute atomic E-state index is 6.11. The highest BCUT2D eigenvalue weighted by Gasteiger charge is 2.21. The van der Waals surface area contributed by atoms with E-state index in [0.717, 1.165) is 11.3 Å². The fraction of sp³-hybridized carbons (Fsp3) is 0.455. The molecule has 26 heavy (non-hydrogen) atoms. The van der Waals surface area contributed by atoms with Gasteiger partial charge in [0.2, 0.25) is 5.90 Å². The van der Waals surface area contributed by atoms with Gasteiger partial charge in [-0.1, -0.05) is 43.5 Å². The zero-order chi connectivity index (χ0) is 18.4. The molecule has 136 valence electrons. The van der Waals surface area contributed by atoms with Crippen LogP contribution in [-0.2, 0) is 4.74 Å². The quantitative estimate of drug-likeness (QED) is 0.830. The fourth-order valence-electron chi connectivity index (χ4n) is 3.62. The molecule has 2 N–H and O–H groups in total. The number of hydrogen-bond donors (Lipinski definition) is 1. The van der Waals surface area contributed by atoms with Crippen molar-refractivity contribution >= 4 is 11.6 Å². The summed E-state index contributed by atoms with van der Waals surface area (Å²) in [5, 5.41) is 0. The van der Waals surface area contributed by atoms with Crippen LogP contribution in [0.1, 0.15) is 62.5 Å². The van der Waals surface area contributed by atoms with Gasteiger partial charge in [-0.2, -0.15) is 0 Å². The zero-order valence-corrected chi connectivity index (χ0v) is 15.5. The summed E-state index contributed by atoms with van der Waals surface area (Å²) in [5.41, 5.74) is 10.6. The van der Waals surface area contributed by atoms with Crippen molar-refractivity contribution in [1.82, 2.24) is 0 Å². The lowest BCUT2D eigenvalue weighted by Crippen LogP contribution is -2.25. The van der Waals surface area contributed by atoms with E-state index in [0.29, 0.717) is 42.8 Å². The number of benzene rings is 1. The number of nitrogens with zero attached hydrogens (tertiary/aromatic N) is 2. The molecule has 0 atom stereocenters. The van der Waals surface area contributed by atoms with Crippen LogP contribution in [0, 0.1) is 12.3 Å². The Balaban J connectivity index is 1.86. The lowest BCUT2D eigenvalue weighted by molar-refractivity contribution is 0.356. The number of aliphatic imine (C=N–C) groups is 2. The Hall–Kier alpha value is -2.54. The van der Waals surface area contributed by atoms with Crippen molar-refractivity contribution in [3.05, 3.63) is 46.8 Å². The third-order valence-electron chi connectivity index (χ3n) is 5.01. The molecule has 0 radical (unpaired) electrons. The van der Waals surface area contributed by atoms with Gasteiger partial charge in [0.05, 0.1) is 17.8 Å². The molecule has 0 saturated heterocycles. The van der Waals surface area contributed by atoms with Crippen LogP contribution in [0.25, 0.3) is 0 Å². The summed E-state index contributed by atoms with van der Waals surface area (Å²) in [6.45, 7) is 2.96. The Bertz CT molecular complexity index is 760. The van der Waals surface area contributed by atoms with Crippen molar-refractivity contribution in [3.63, 3.8) is 0 Å². The van der Waals surface area contributed by atoms with E-state index in [9.17, 15) is 0 Å². The summed E-state index contributed by atoms with van der Waals surface area (Å²) < 4.78 is 5.82. The summed E-state index contributed by atoms with van der Waals surface area (Å²) in [4.78, 5) is 9.09. The minimum absolute atomic E-state index is 0.332. The van der Waals surface area contributed by atoms with E-state index in [1.807, 2.05) is 6.92 Å². The van der Waals surface area contributed by atoms with Crippen LogP contribution in [0.4, 0.5) is 0 Å². The molecule has 3 rings (SSSR count). The van der Waals surface area contributed by atoms with E-state index in [-0.39, 0.29) is 0 Å². The van der Waals surface area contributed by atoms with Crippen molar-refractivity contribution in [2.45, 2.75) is 51.4 Å². The van der Waals surface area contributed by atoms with Crippen LogP contribution < -0.4 is 5.73 Å². The number of terminal acetylenes is 1. The van der Waals surface area contributed by atoms with Gasteiger partial charge < -0.3 is 10.5 Å². The largest absolute Gasteiger partial charge is 0.470 e. The second kappa shape index (κ2) is 8.71. The number of allylic oxidation sites excluding steroid dienone is 1. The summed E-state index contributed by atoms with van der Waals surface area (Å²) >= 11 is 0. The molecule has 0 amide bonds. The second-order valence-electron chi connectivity index (χ2n) is 6.84. The molecule has 0 bridgehead atoms. The van der Waals surface area contributed by atoms with Gasteiger partial charge >= 0.3 is 0 Å². The molecule has 1 aliphatic heterocycles. The van der Waals surface area contributed by atoms with E-state index in [2.05, 4.69) is 35.2 Å². The SMILES string of the molecule is C#CC/C(N)=C1/N=C(c2ccc(C3CCCCC3)cc2)COC1=NCC. The predicted octanol–water partition coefficient (Wildman–Crippen LogP) is 4.17. The molecular weight excluding hydrogens is 322 g/mol. The standard InChI is InChI=1S/C22H27N3O/c1-3-8-19(23)21-22(24-4-2)26-15-20(25-21)18-13-11-17(12-14-18)16-9-6-5-7-10-16/h1,11-14,16H,4-10,15,23H2,2H3/b21-19-,24-22?.